The van der Waals surface area contributed by atoms with Gasteiger partial charge in [-0.15, -0.1) is 0 Å². The van der Waals surface area contributed by atoms with Gasteiger partial charge in [0.05, 0.1) is 16.9 Å². The summed E-state index contributed by atoms with van der Waals surface area (Å²) in [4.78, 5) is 52.1. The van der Waals surface area contributed by atoms with E-state index in [0.29, 0.717) is 16.9 Å². The van der Waals surface area contributed by atoms with E-state index >= 15 is 0 Å². The summed E-state index contributed by atoms with van der Waals surface area (Å²) >= 11 is 11.8. The molecule has 1 aromatic carbocycles. The van der Waals surface area contributed by atoms with Gasteiger partial charge in [-0.1, -0.05) is 35.4 Å². The summed E-state index contributed by atoms with van der Waals surface area (Å²) in [7, 11) is 0. The summed E-state index contributed by atoms with van der Waals surface area (Å²) in [6, 6.07) is 3.31. The largest absolute Gasteiger partial charge is 0.456 e. The number of carbonyl (C=O) groups is 4. The predicted molar refractivity (Wildman–Crippen MR) is 108 cm³/mol. The van der Waals surface area contributed by atoms with Gasteiger partial charge in [0.15, 0.2) is 6.61 Å². The van der Waals surface area contributed by atoms with E-state index in [0.717, 1.165) is 11.3 Å². The Bertz CT molecular complexity index is 985. The molecule has 6 nitrogen and oxygen atoms in total. The molecule has 8 heteroatoms. The van der Waals surface area contributed by atoms with Crippen molar-refractivity contribution in [1.82, 2.24) is 4.90 Å². The van der Waals surface area contributed by atoms with Gasteiger partial charge in [-0.25, -0.2) is 4.79 Å². The fourth-order valence-corrected chi connectivity index (χ4v) is 6.03. The molecule has 0 N–H and O–H groups in total. The van der Waals surface area contributed by atoms with Gasteiger partial charge in [-0.05, 0) is 55.2 Å². The van der Waals surface area contributed by atoms with E-state index in [1.807, 2.05) is 0 Å². The minimum atomic E-state index is -1.08. The molecule has 0 aromatic heterocycles. The highest BCUT2D eigenvalue weighted by Crippen LogP contribution is 2.65. The third kappa shape index (κ3) is 2.84. The van der Waals surface area contributed by atoms with Crippen molar-refractivity contribution in [3.05, 3.63) is 46.0 Å². The van der Waals surface area contributed by atoms with Gasteiger partial charge in [-0.3, -0.25) is 19.3 Å². The number of nitrogens with zero attached hydrogens (tertiary/aromatic N) is 1. The average molecular weight is 448 g/mol. The molecule has 0 radical (unpaired) electrons. The number of ether oxygens (including phenoxy) is 1. The molecule has 2 bridgehead atoms. The van der Waals surface area contributed by atoms with Crippen LogP contribution in [0.25, 0.3) is 0 Å². The number of esters is 1. The molecule has 0 spiro atoms. The van der Waals surface area contributed by atoms with Gasteiger partial charge in [0, 0.05) is 10.6 Å². The van der Waals surface area contributed by atoms with Crippen molar-refractivity contribution in [2.45, 2.75) is 19.4 Å². The van der Waals surface area contributed by atoms with Crippen LogP contribution in [-0.2, 0) is 19.1 Å². The van der Waals surface area contributed by atoms with E-state index in [1.165, 1.54) is 25.1 Å². The van der Waals surface area contributed by atoms with Crippen molar-refractivity contribution in [2.24, 2.45) is 35.5 Å². The maximum Gasteiger partial charge on any atom is 0.329 e. The SMILES string of the molecule is C[C@H](C(=O)OCC(=O)c1ccc(Cl)cc1Cl)N1C(=O)[C@@H]2[C@@H]3C=C[C@H]([C@H]4C[C@H]34)[C@@H]2C1=O. The molecule has 1 aliphatic heterocycles. The smallest absolute Gasteiger partial charge is 0.329 e. The topological polar surface area (TPSA) is 80.8 Å². The molecule has 2 saturated carbocycles. The Balaban J connectivity index is 1.27. The van der Waals surface area contributed by atoms with E-state index in [1.54, 1.807) is 0 Å². The molecule has 4 aliphatic carbocycles. The molecule has 1 aromatic rings. The van der Waals surface area contributed by atoms with Crippen molar-refractivity contribution < 1.29 is 23.9 Å². The Morgan fingerprint density at radius 3 is 2.27 bits per heavy atom. The van der Waals surface area contributed by atoms with Crippen molar-refractivity contribution in [1.29, 1.82) is 0 Å². The zero-order chi connectivity index (χ0) is 21.3. The van der Waals surface area contributed by atoms with E-state index in [9.17, 15) is 19.2 Å². The van der Waals surface area contributed by atoms with Crippen molar-refractivity contribution in [3.8, 4) is 0 Å². The lowest BCUT2D eigenvalue weighted by molar-refractivity contribution is -0.157. The summed E-state index contributed by atoms with van der Waals surface area (Å²) in [6.45, 7) is 0.926. The maximum absolute atomic E-state index is 13.1. The van der Waals surface area contributed by atoms with Crippen LogP contribution in [0, 0.1) is 35.5 Å². The number of rotatable bonds is 5. The Kier molecular flexibility index (Phi) is 4.56. The Labute approximate surface area is 183 Å². The Hall–Kier alpha value is -2.18. The molecule has 2 amide bonds. The second kappa shape index (κ2) is 6.92. The van der Waals surface area contributed by atoms with Crippen LogP contribution >= 0.6 is 23.2 Å². The number of benzene rings is 1. The molecule has 1 saturated heterocycles. The van der Waals surface area contributed by atoms with Gasteiger partial charge < -0.3 is 4.74 Å². The number of Topliss-reactive ketones (excluding diaryl/α,β-unsaturated/α-hetero) is 1. The Morgan fingerprint density at radius 1 is 1.10 bits per heavy atom. The number of allylic oxidation sites excluding steroid dienone is 2. The number of amides is 2. The second-order valence-corrected chi connectivity index (χ2v) is 9.38. The standard InChI is InChI=1S/C22H19Cl2NO5/c1-9(22(29)30-8-17(26)13-3-2-10(23)6-16(13)24)25-20(27)18-11-4-5-12(15-7-14(11)15)19(18)21(25)28/h2-6,9,11-12,14-15,18-19H,7-8H2,1H3/t9-,11-,12-,14-,15-,18-,19+/m1/s1. The molecule has 5 aliphatic rings. The van der Waals surface area contributed by atoms with Gasteiger partial charge in [-0.2, -0.15) is 0 Å². The van der Waals surface area contributed by atoms with Crippen LogP contribution in [0.3, 0.4) is 0 Å². The number of ketones is 1. The molecule has 1 heterocycles. The first-order valence-corrected chi connectivity index (χ1v) is 10.8. The van der Waals surface area contributed by atoms with E-state index in [2.05, 4.69) is 12.2 Å². The third-order valence-corrected chi connectivity index (χ3v) is 7.55. The van der Waals surface area contributed by atoms with Crippen LogP contribution in [0.2, 0.25) is 10.0 Å². The van der Waals surface area contributed by atoms with Crippen LogP contribution in [0.5, 0.6) is 0 Å². The monoisotopic (exact) mass is 447 g/mol. The highest BCUT2D eigenvalue weighted by atomic mass is 35.5. The lowest BCUT2D eigenvalue weighted by Crippen LogP contribution is -2.45. The number of hydrogen-bond donors (Lipinski definition) is 0. The van der Waals surface area contributed by atoms with Crippen LogP contribution in [-0.4, -0.2) is 41.1 Å². The number of likely N-dealkylation sites (tertiary alicyclic amines) is 1. The zero-order valence-electron chi connectivity index (χ0n) is 16.1. The highest BCUT2D eigenvalue weighted by Gasteiger charge is 2.67. The van der Waals surface area contributed by atoms with E-state index < -0.39 is 24.4 Å². The van der Waals surface area contributed by atoms with Gasteiger partial charge in [0.1, 0.15) is 6.04 Å². The zero-order valence-corrected chi connectivity index (χ0v) is 17.6. The normalized spacial score (nSPS) is 33.9. The first-order valence-electron chi connectivity index (χ1n) is 9.99. The maximum atomic E-state index is 13.1. The van der Waals surface area contributed by atoms with Crippen LogP contribution in [0.4, 0.5) is 0 Å². The first kappa shape index (κ1) is 19.8. The van der Waals surface area contributed by atoms with Crippen molar-refractivity contribution in [3.63, 3.8) is 0 Å². The fourth-order valence-electron chi connectivity index (χ4n) is 5.52. The highest BCUT2D eigenvalue weighted by molar-refractivity contribution is 6.36. The number of imide groups is 1. The van der Waals surface area contributed by atoms with Gasteiger partial charge in [0.25, 0.3) is 0 Å². The van der Waals surface area contributed by atoms with Crippen LogP contribution in [0.1, 0.15) is 23.7 Å². The minimum Gasteiger partial charge on any atom is -0.456 e. The van der Waals surface area contributed by atoms with Gasteiger partial charge in [0.2, 0.25) is 17.6 Å². The lowest BCUT2D eigenvalue weighted by Gasteiger charge is -2.37. The number of hydrogen-bond acceptors (Lipinski definition) is 5. The molecule has 3 fully saturated rings. The molecule has 30 heavy (non-hydrogen) atoms. The first-order chi connectivity index (χ1) is 14.3. The molecule has 0 unspecified atom stereocenters. The average Bonchev–Trinajstić information content (AvgIpc) is 3.49. The molecular weight excluding hydrogens is 429 g/mol. The Morgan fingerprint density at radius 2 is 1.70 bits per heavy atom. The number of carbonyl (C=O) groups excluding carboxylic acids is 4. The van der Waals surface area contributed by atoms with Crippen molar-refractivity contribution in [2.75, 3.05) is 6.61 Å². The summed E-state index contributed by atoms with van der Waals surface area (Å²) in [5.74, 6) is -1.48. The minimum absolute atomic E-state index is 0.0864. The second-order valence-electron chi connectivity index (χ2n) is 8.53. The molecule has 7 atom stereocenters. The predicted octanol–water partition coefficient (Wildman–Crippen LogP) is 3.16. The molecule has 156 valence electrons. The number of halogens is 2. The summed E-state index contributed by atoms with van der Waals surface area (Å²) in [5.41, 5.74) is 0.183. The van der Waals surface area contributed by atoms with Crippen molar-refractivity contribution >= 4 is 46.8 Å². The van der Waals surface area contributed by atoms with E-state index in [-0.39, 0.29) is 46.1 Å². The fraction of sp³-hybridized carbons (Fsp3) is 0.455. The lowest BCUT2D eigenvalue weighted by atomic mass is 9.63. The summed E-state index contributed by atoms with van der Waals surface area (Å²) in [6.07, 6.45) is 5.22. The molecular formula is C22H19Cl2NO5. The van der Waals surface area contributed by atoms with Crippen LogP contribution < -0.4 is 0 Å². The quantitative estimate of drug-likeness (QED) is 0.299. The van der Waals surface area contributed by atoms with Gasteiger partial charge >= 0.3 is 5.97 Å². The van der Waals surface area contributed by atoms with E-state index in [4.69, 9.17) is 27.9 Å². The van der Waals surface area contributed by atoms with Crippen LogP contribution in [0.15, 0.2) is 30.4 Å². The summed E-state index contributed by atoms with van der Waals surface area (Å²) < 4.78 is 5.13. The molecule has 6 rings (SSSR count). The third-order valence-electron chi connectivity index (χ3n) is 7.00. The summed E-state index contributed by atoms with van der Waals surface area (Å²) in [5, 5.41) is 0.544.